The predicted molar refractivity (Wildman–Crippen MR) is 140 cm³/mol. The molecule has 0 spiro atoms. The largest absolute Gasteiger partial charge is 0.465 e. The van der Waals surface area contributed by atoms with Gasteiger partial charge in [0.15, 0.2) is 0 Å². The molecule has 2 aliphatic rings. The Morgan fingerprint density at radius 2 is 1.80 bits per heavy atom. The summed E-state index contributed by atoms with van der Waals surface area (Å²) in [6, 6.07) is 1.45. The molecule has 1 aliphatic carbocycles. The fraction of sp³-hybridized carbons (Fsp3) is 0.679. The highest BCUT2D eigenvalue weighted by Crippen LogP contribution is 2.37. The van der Waals surface area contributed by atoms with Crippen molar-refractivity contribution in [3.63, 3.8) is 0 Å². The summed E-state index contributed by atoms with van der Waals surface area (Å²) in [5.41, 5.74) is 0.324. The number of carbonyl (C=O) groups excluding carboxylic acids is 3. The predicted octanol–water partition coefficient (Wildman–Crippen LogP) is 5.49. The summed E-state index contributed by atoms with van der Waals surface area (Å²) in [6.45, 7) is 11.8. The van der Waals surface area contributed by atoms with Crippen LogP contribution in [0.25, 0.3) is 0 Å². The number of anilines is 1. The highest BCUT2D eigenvalue weighted by atomic mass is 32.1. The van der Waals surface area contributed by atoms with Crippen molar-refractivity contribution in [1.82, 2.24) is 4.90 Å². The summed E-state index contributed by atoms with van der Waals surface area (Å²) in [6.07, 6.45) is 5.97. The van der Waals surface area contributed by atoms with Crippen LogP contribution < -0.4 is 4.90 Å². The molecule has 0 aromatic carbocycles. The zero-order valence-corrected chi connectivity index (χ0v) is 22.9. The first kappa shape index (κ1) is 27.3. The summed E-state index contributed by atoms with van der Waals surface area (Å²) in [5, 5.41) is 0. The van der Waals surface area contributed by atoms with E-state index in [0.29, 0.717) is 21.4 Å². The molecule has 3 rings (SSSR count). The van der Waals surface area contributed by atoms with Gasteiger partial charge >= 0.3 is 5.97 Å². The summed E-state index contributed by atoms with van der Waals surface area (Å²) in [4.78, 5) is 44.4. The Labute approximate surface area is 214 Å². The molecule has 1 unspecified atom stereocenters. The monoisotopic (exact) mass is 500 g/mol. The Hall–Kier alpha value is -2.33. The minimum absolute atomic E-state index is 0.00287. The molecule has 1 saturated carbocycles. The van der Waals surface area contributed by atoms with E-state index in [2.05, 4.69) is 18.8 Å². The van der Waals surface area contributed by atoms with Gasteiger partial charge in [0.25, 0.3) is 0 Å². The number of carbonyl (C=O) groups is 3. The van der Waals surface area contributed by atoms with Gasteiger partial charge in [-0.05, 0) is 78.2 Å². The molecular weight excluding hydrogens is 460 g/mol. The molecule has 1 aromatic heterocycles. The number of hydrogen-bond acceptors (Lipinski definition) is 5. The van der Waals surface area contributed by atoms with Gasteiger partial charge in [0.05, 0.1) is 17.7 Å². The lowest BCUT2D eigenvalue weighted by Gasteiger charge is -2.35. The van der Waals surface area contributed by atoms with Crippen LogP contribution in [-0.2, 0) is 14.3 Å². The Balaban J connectivity index is 2.00. The number of ether oxygens (including phenoxy) is 1. The minimum atomic E-state index is -0.484. The fourth-order valence-electron chi connectivity index (χ4n) is 4.83. The Bertz CT molecular complexity index is 983. The van der Waals surface area contributed by atoms with Crippen molar-refractivity contribution in [3.05, 3.63) is 15.8 Å². The molecule has 6 nitrogen and oxygen atoms in total. The van der Waals surface area contributed by atoms with Crippen LogP contribution in [0.1, 0.15) is 94.1 Å². The van der Waals surface area contributed by atoms with Crippen molar-refractivity contribution in [2.24, 2.45) is 17.3 Å². The minimum Gasteiger partial charge on any atom is -0.465 e. The molecule has 1 saturated heterocycles. The second-order valence-corrected chi connectivity index (χ2v) is 12.2. The number of hydrogen-bond donors (Lipinski definition) is 0. The SMILES string of the molecule is COC(=O)c1sc(C#CC(C)(C)C)cc1N(C(=O)[C@H]1CC[C@H](C)CC1)C(C)CC(=O)N1CCCC1. The first-order chi connectivity index (χ1) is 16.5. The van der Waals surface area contributed by atoms with Crippen LogP contribution in [0.3, 0.4) is 0 Å². The first-order valence-electron chi connectivity index (χ1n) is 12.9. The van der Waals surface area contributed by atoms with Crippen LogP contribution in [0.15, 0.2) is 6.07 Å². The van der Waals surface area contributed by atoms with Gasteiger partial charge in [0.2, 0.25) is 11.8 Å². The Morgan fingerprint density at radius 3 is 2.37 bits per heavy atom. The third-order valence-electron chi connectivity index (χ3n) is 6.88. The van der Waals surface area contributed by atoms with Gasteiger partial charge in [-0.15, -0.1) is 11.3 Å². The van der Waals surface area contributed by atoms with Gasteiger partial charge in [-0.2, -0.15) is 0 Å². The van der Waals surface area contributed by atoms with Crippen LogP contribution in [-0.4, -0.2) is 48.9 Å². The fourth-order valence-corrected chi connectivity index (χ4v) is 5.75. The number of thiophene rings is 1. The van der Waals surface area contributed by atoms with Crippen LogP contribution in [0, 0.1) is 29.1 Å². The molecule has 1 atom stereocenters. The summed E-state index contributed by atoms with van der Waals surface area (Å²) >= 11 is 1.25. The molecule has 35 heavy (non-hydrogen) atoms. The maximum Gasteiger partial charge on any atom is 0.350 e. The second-order valence-electron chi connectivity index (χ2n) is 11.1. The van der Waals surface area contributed by atoms with E-state index >= 15 is 0 Å². The quantitative estimate of drug-likeness (QED) is 0.383. The van der Waals surface area contributed by atoms with E-state index in [1.165, 1.54) is 18.4 Å². The lowest BCUT2D eigenvalue weighted by Crippen LogP contribution is -2.46. The molecule has 192 valence electrons. The van der Waals surface area contributed by atoms with E-state index in [0.717, 1.165) is 51.6 Å². The van der Waals surface area contributed by atoms with E-state index in [1.54, 1.807) is 4.90 Å². The van der Waals surface area contributed by atoms with Crippen molar-refractivity contribution in [2.45, 2.75) is 85.6 Å². The van der Waals surface area contributed by atoms with E-state index in [-0.39, 0.29) is 35.6 Å². The molecule has 1 aromatic rings. The molecule has 0 N–H and O–H groups in total. The number of rotatable bonds is 6. The average Bonchev–Trinajstić information content (AvgIpc) is 3.48. The Kier molecular flexibility index (Phi) is 9.04. The van der Waals surface area contributed by atoms with Crippen molar-refractivity contribution >= 4 is 34.8 Å². The van der Waals surface area contributed by atoms with E-state index < -0.39 is 5.97 Å². The highest BCUT2D eigenvalue weighted by Gasteiger charge is 2.36. The molecule has 0 bridgehead atoms. The Morgan fingerprint density at radius 1 is 1.17 bits per heavy atom. The molecule has 7 heteroatoms. The number of esters is 1. The van der Waals surface area contributed by atoms with Crippen LogP contribution >= 0.6 is 11.3 Å². The number of amides is 2. The summed E-state index contributed by atoms with van der Waals surface area (Å²) in [7, 11) is 1.35. The van der Waals surface area contributed by atoms with E-state index in [9.17, 15) is 14.4 Å². The second kappa shape index (κ2) is 11.6. The highest BCUT2D eigenvalue weighted by molar-refractivity contribution is 7.15. The maximum absolute atomic E-state index is 14.0. The van der Waals surface area contributed by atoms with Gasteiger partial charge in [-0.1, -0.05) is 18.8 Å². The lowest BCUT2D eigenvalue weighted by atomic mass is 9.82. The number of methoxy groups -OCH3 is 1. The van der Waals surface area contributed by atoms with Crippen LogP contribution in [0.5, 0.6) is 0 Å². The molecule has 2 heterocycles. The number of nitrogens with zero attached hydrogens (tertiary/aromatic N) is 2. The van der Waals surface area contributed by atoms with Gasteiger partial charge < -0.3 is 14.5 Å². The molecule has 2 fully saturated rings. The standard InChI is InChI=1S/C28H40N2O4S/c1-19-9-11-21(12-10-19)26(32)30(20(2)17-24(31)29-15-7-8-16-29)23-18-22(13-14-28(3,4)5)35-25(23)27(33)34-6/h18-21H,7-12,15-17H2,1-6H3/t19-,20?,21-. The van der Waals surface area contributed by atoms with Crippen LogP contribution in [0.4, 0.5) is 5.69 Å². The molecular formula is C28H40N2O4S. The van der Waals surface area contributed by atoms with Crippen molar-refractivity contribution < 1.29 is 19.1 Å². The third kappa shape index (κ3) is 7.10. The van der Waals surface area contributed by atoms with Crippen molar-refractivity contribution in [2.75, 3.05) is 25.1 Å². The van der Waals surface area contributed by atoms with E-state index in [1.807, 2.05) is 38.7 Å². The van der Waals surface area contributed by atoms with Gasteiger partial charge in [-0.25, -0.2) is 4.79 Å². The number of likely N-dealkylation sites (tertiary alicyclic amines) is 1. The summed E-state index contributed by atoms with van der Waals surface area (Å²) < 4.78 is 5.08. The van der Waals surface area contributed by atoms with Crippen molar-refractivity contribution in [3.8, 4) is 11.8 Å². The van der Waals surface area contributed by atoms with Gasteiger partial charge in [-0.3, -0.25) is 9.59 Å². The lowest BCUT2D eigenvalue weighted by molar-refractivity contribution is -0.130. The molecule has 1 aliphatic heterocycles. The van der Waals surface area contributed by atoms with E-state index in [4.69, 9.17) is 4.74 Å². The third-order valence-corrected chi connectivity index (χ3v) is 7.90. The first-order valence-corrected chi connectivity index (χ1v) is 13.7. The van der Waals surface area contributed by atoms with Crippen molar-refractivity contribution in [1.29, 1.82) is 0 Å². The maximum atomic E-state index is 14.0. The topological polar surface area (TPSA) is 66.9 Å². The van der Waals surface area contributed by atoms with Crippen LogP contribution in [0.2, 0.25) is 0 Å². The molecule has 2 amide bonds. The normalized spacial score (nSPS) is 21.1. The summed E-state index contributed by atoms with van der Waals surface area (Å²) in [5.74, 6) is 6.48. The smallest absolute Gasteiger partial charge is 0.350 e. The average molecular weight is 501 g/mol. The molecule has 0 radical (unpaired) electrons. The zero-order chi connectivity index (χ0) is 25.8. The zero-order valence-electron chi connectivity index (χ0n) is 22.1. The van der Waals surface area contributed by atoms with Gasteiger partial charge in [0.1, 0.15) is 4.88 Å². The van der Waals surface area contributed by atoms with Gasteiger partial charge in [0, 0.05) is 36.9 Å².